The van der Waals surface area contributed by atoms with E-state index in [0.29, 0.717) is 0 Å². The van der Waals surface area contributed by atoms with Gasteiger partial charge < -0.3 is 0 Å². The number of unbranched alkanes of at least 4 members (excludes halogenated alkanes) is 2. The monoisotopic (exact) mass is 186 g/mol. The van der Waals surface area contributed by atoms with Gasteiger partial charge in [-0.3, -0.25) is 4.18 Å². The van der Waals surface area contributed by atoms with E-state index in [2.05, 4.69) is 4.18 Å². The fourth-order valence-electron chi connectivity index (χ4n) is 0.511. The predicted molar refractivity (Wildman–Crippen MR) is 40.2 cm³/mol. The average molecular weight is 187 g/mol. The van der Waals surface area contributed by atoms with Crippen LogP contribution in [-0.2, 0) is 13.5 Å². The molecule has 0 heterocycles. The molecule has 0 atom stereocenters. The third kappa shape index (κ3) is 8.20. The molecule has 10 heavy (non-hydrogen) atoms. The summed E-state index contributed by atoms with van der Waals surface area (Å²) in [6.07, 6.45) is 2.74. The Morgan fingerprint density at radius 2 is 2.00 bits per heavy atom. The van der Waals surface area contributed by atoms with Crippen molar-refractivity contribution in [3.8, 4) is 0 Å². The molecule has 0 fully saturated rings. The van der Waals surface area contributed by atoms with Crippen LogP contribution in [0.15, 0.2) is 0 Å². The molecule has 3 nitrogen and oxygen atoms in total. The van der Waals surface area contributed by atoms with Crippen molar-refractivity contribution in [3.05, 3.63) is 0 Å². The molecule has 0 bridgehead atoms. The molecule has 0 aromatic rings. The van der Waals surface area contributed by atoms with Gasteiger partial charge in [-0.05, 0) is 6.42 Å². The minimum absolute atomic E-state index is 0.194. The molecule has 0 amide bonds. The van der Waals surface area contributed by atoms with Crippen molar-refractivity contribution in [2.75, 3.05) is 6.61 Å². The maximum absolute atomic E-state index is 10.1. The van der Waals surface area contributed by atoms with Crippen LogP contribution in [0.4, 0.5) is 0 Å². The Labute approximate surface area is 66.0 Å². The second-order valence-electron chi connectivity index (χ2n) is 1.92. The summed E-state index contributed by atoms with van der Waals surface area (Å²) in [6.45, 7) is 2.22. The quantitative estimate of drug-likeness (QED) is 0.485. The first-order chi connectivity index (χ1) is 4.56. The molecular weight excluding hydrogens is 176 g/mol. The van der Waals surface area contributed by atoms with E-state index in [4.69, 9.17) is 10.7 Å². The van der Waals surface area contributed by atoms with Gasteiger partial charge >= 0.3 is 9.33 Å². The van der Waals surface area contributed by atoms with Gasteiger partial charge in [0.25, 0.3) is 0 Å². The summed E-state index contributed by atoms with van der Waals surface area (Å²) >= 11 is 0. The van der Waals surface area contributed by atoms with E-state index in [0.717, 1.165) is 19.3 Å². The van der Waals surface area contributed by atoms with E-state index in [1.54, 1.807) is 0 Å². The summed E-state index contributed by atoms with van der Waals surface area (Å²) in [7, 11) is 1.03. The highest BCUT2D eigenvalue weighted by molar-refractivity contribution is 8.09. The average Bonchev–Trinajstić information content (AvgIpc) is 1.78. The van der Waals surface area contributed by atoms with Crippen LogP contribution in [-0.4, -0.2) is 15.0 Å². The van der Waals surface area contributed by atoms with Crippen molar-refractivity contribution in [3.63, 3.8) is 0 Å². The molecule has 0 saturated heterocycles. The minimum atomic E-state index is -3.73. The summed E-state index contributed by atoms with van der Waals surface area (Å²) < 4.78 is 24.5. The largest absolute Gasteiger partial charge is 0.355 e. The number of halogens is 1. The van der Waals surface area contributed by atoms with Crippen LogP contribution in [0.3, 0.4) is 0 Å². The molecule has 0 rings (SSSR count). The van der Waals surface area contributed by atoms with Gasteiger partial charge in [-0.1, -0.05) is 19.8 Å². The third-order valence-corrected chi connectivity index (χ3v) is 1.69. The van der Waals surface area contributed by atoms with E-state index in [-0.39, 0.29) is 6.61 Å². The molecule has 0 spiro atoms. The first kappa shape index (κ1) is 10.2. The highest BCUT2D eigenvalue weighted by Gasteiger charge is 2.02. The van der Waals surface area contributed by atoms with Crippen LogP contribution in [0.2, 0.25) is 0 Å². The first-order valence-electron chi connectivity index (χ1n) is 3.15. The Hall–Kier alpha value is 0.200. The molecule has 0 saturated carbocycles. The van der Waals surface area contributed by atoms with Crippen LogP contribution in [0, 0.1) is 0 Å². The summed E-state index contributed by atoms with van der Waals surface area (Å²) in [5.41, 5.74) is 0. The van der Waals surface area contributed by atoms with Gasteiger partial charge in [0.05, 0.1) is 6.61 Å². The normalized spacial score (nSPS) is 11.8. The molecule has 0 N–H and O–H groups in total. The van der Waals surface area contributed by atoms with Gasteiger partial charge in [-0.25, -0.2) is 0 Å². The SMILES string of the molecule is CCCCCOS(=O)(=O)Cl. The number of hydrogen-bond acceptors (Lipinski definition) is 3. The smallest absolute Gasteiger partial charge is 0.258 e. The fourth-order valence-corrected chi connectivity index (χ4v) is 1.02. The topological polar surface area (TPSA) is 43.4 Å². The lowest BCUT2D eigenvalue weighted by molar-refractivity contribution is 0.317. The maximum Gasteiger partial charge on any atom is 0.355 e. The molecule has 0 aliphatic rings. The molecule has 0 unspecified atom stereocenters. The molecule has 0 aromatic carbocycles. The van der Waals surface area contributed by atoms with Crippen LogP contribution in [0.25, 0.3) is 0 Å². The molecule has 0 aliphatic carbocycles. The zero-order valence-electron chi connectivity index (χ0n) is 5.84. The first-order valence-corrected chi connectivity index (χ1v) is 5.38. The highest BCUT2D eigenvalue weighted by Crippen LogP contribution is 2.01. The second-order valence-corrected chi connectivity index (χ2v) is 4.08. The van der Waals surface area contributed by atoms with Crippen molar-refractivity contribution in [1.82, 2.24) is 0 Å². The summed E-state index contributed by atoms with van der Waals surface area (Å²) in [6, 6.07) is 0. The molecule has 62 valence electrons. The zero-order valence-corrected chi connectivity index (χ0v) is 7.41. The highest BCUT2D eigenvalue weighted by atomic mass is 35.7. The Balaban J connectivity index is 3.21. The van der Waals surface area contributed by atoms with E-state index in [9.17, 15) is 8.42 Å². The standard InChI is InChI=1S/C5H11ClO3S/c1-2-3-4-5-9-10(6,7)8/h2-5H2,1H3. The van der Waals surface area contributed by atoms with Crippen LogP contribution in [0.5, 0.6) is 0 Å². The van der Waals surface area contributed by atoms with E-state index < -0.39 is 9.33 Å². The fraction of sp³-hybridized carbons (Fsp3) is 1.00. The lowest BCUT2D eigenvalue weighted by atomic mass is 10.3. The second kappa shape index (κ2) is 4.93. The van der Waals surface area contributed by atoms with Crippen LogP contribution < -0.4 is 0 Å². The third-order valence-electron chi connectivity index (χ3n) is 0.972. The molecular formula is C5H11ClO3S. The predicted octanol–water partition coefficient (Wildman–Crippen LogP) is 1.68. The Morgan fingerprint density at radius 1 is 1.40 bits per heavy atom. The van der Waals surface area contributed by atoms with Crippen molar-refractivity contribution < 1.29 is 12.6 Å². The van der Waals surface area contributed by atoms with Gasteiger partial charge in [0, 0.05) is 10.7 Å². The van der Waals surface area contributed by atoms with Crippen molar-refractivity contribution in [1.29, 1.82) is 0 Å². The molecule has 0 radical (unpaired) electrons. The van der Waals surface area contributed by atoms with Crippen LogP contribution in [0.1, 0.15) is 26.2 Å². The Kier molecular flexibility index (Phi) is 5.03. The van der Waals surface area contributed by atoms with Crippen molar-refractivity contribution in [2.24, 2.45) is 0 Å². The molecule has 0 aromatic heterocycles. The van der Waals surface area contributed by atoms with Gasteiger partial charge in [-0.15, -0.1) is 0 Å². The minimum Gasteiger partial charge on any atom is -0.258 e. The van der Waals surface area contributed by atoms with Crippen molar-refractivity contribution >= 4 is 20.0 Å². The maximum atomic E-state index is 10.1. The van der Waals surface area contributed by atoms with Gasteiger partial charge in [0.2, 0.25) is 0 Å². The van der Waals surface area contributed by atoms with Gasteiger partial charge in [0.15, 0.2) is 0 Å². The van der Waals surface area contributed by atoms with E-state index in [1.807, 2.05) is 6.92 Å². The molecule has 0 aliphatic heterocycles. The number of hydrogen-bond donors (Lipinski definition) is 0. The Bertz CT molecular complexity index is 164. The summed E-state index contributed by atoms with van der Waals surface area (Å²) in [5.74, 6) is 0. The van der Waals surface area contributed by atoms with Crippen LogP contribution >= 0.6 is 10.7 Å². The van der Waals surface area contributed by atoms with Gasteiger partial charge in [0.1, 0.15) is 0 Å². The lowest BCUT2D eigenvalue weighted by Gasteiger charge is -1.96. The van der Waals surface area contributed by atoms with E-state index >= 15 is 0 Å². The molecule has 5 heteroatoms. The number of rotatable bonds is 5. The zero-order chi connectivity index (χ0) is 8.04. The van der Waals surface area contributed by atoms with Gasteiger partial charge in [-0.2, -0.15) is 8.42 Å². The summed E-state index contributed by atoms with van der Waals surface area (Å²) in [5, 5.41) is 0. The lowest BCUT2D eigenvalue weighted by Crippen LogP contribution is -1.98. The van der Waals surface area contributed by atoms with Crippen molar-refractivity contribution in [2.45, 2.75) is 26.2 Å². The summed E-state index contributed by atoms with van der Waals surface area (Å²) in [4.78, 5) is 0. The van der Waals surface area contributed by atoms with E-state index in [1.165, 1.54) is 0 Å². The Morgan fingerprint density at radius 3 is 2.40 bits per heavy atom.